The third kappa shape index (κ3) is 4.20. The molecule has 2 amide bonds. The van der Waals surface area contributed by atoms with E-state index >= 15 is 0 Å². The van der Waals surface area contributed by atoms with E-state index in [1.165, 1.54) is 11.8 Å². The van der Waals surface area contributed by atoms with E-state index in [1.807, 2.05) is 18.2 Å². The molecule has 0 saturated carbocycles. The van der Waals surface area contributed by atoms with Crippen molar-refractivity contribution in [2.45, 2.75) is 23.3 Å². The van der Waals surface area contributed by atoms with Crippen LogP contribution in [0.1, 0.15) is 12.8 Å². The average Bonchev–Trinajstić information content (AvgIpc) is 2.47. The molecule has 21 heavy (non-hydrogen) atoms. The number of para-hydroxylation sites is 1. The van der Waals surface area contributed by atoms with Crippen LogP contribution in [0.25, 0.3) is 0 Å². The van der Waals surface area contributed by atoms with Gasteiger partial charge in [-0.2, -0.15) is 0 Å². The van der Waals surface area contributed by atoms with Crippen molar-refractivity contribution < 1.29 is 14.3 Å². The van der Waals surface area contributed by atoms with Gasteiger partial charge in [0.2, 0.25) is 11.8 Å². The topological polar surface area (TPSA) is 107 Å². The molecular formula is C14H19N3O3S. The van der Waals surface area contributed by atoms with Crippen molar-refractivity contribution in [2.75, 3.05) is 24.3 Å². The third-order valence-electron chi connectivity index (χ3n) is 3.34. The van der Waals surface area contributed by atoms with Crippen LogP contribution < -0.4 is 16.8 Å². The Kier molecular flexibility index (Phi) is 5.22. The SMILES string of the molecule is NC(=O)CSc1ccccc1NC(=O)C1(N)CCOCC1. The minimum Gasteiger partial charge on any atom is -0.381 e. The number of carbonyl (C=O) groups is 2. The number of anilines is 1. The first-order valence-electron chi connectivity index (χ1n) is 6.69. The Morgan fingerprint density at radius 1 is 1.29 bits per heavy atom. The highest BCUT2D eigenvalue weighted by Crippen LogP contribution is 2.28. The highest BCUT2D eigenvalue weighted by molar-refractivity contribution is 8.00. The normalized spacial score (nSPS) is 17.2. The molecule has 1 aromatic carbocycles. The van der Waals surface area contributed by atoms with E-state index in [0.29, 0.717) is 31.7 Å². The molecule has 0 aliphatic carbocycles. The van der Waals surface area contributed by atoms with E-state index in [0.717, 1.165) is 4.90 Å². The Bertz CT molecular complexity index is 530. The molecule has 0 atom stereocenters. The molecule has 1 saturated heterocycles. The maximum Gasteiger partial charge on any atom is 0.244 e. The maximum absolute atomic E-state index is 12.4. The molecule has 5 N–H and O–H groups in total. The quantitative estimate of drug-likeness (QED) is 0.694. The van der Waals surface area contributed by atoms with Crippen LogP contribution in [-0.2, 0) is 14.3 Å². The summed E-state index contributed by atoms with van der Waals surface area (Å²) in [5.41, 5.74) is 11.0. The summed E-state index contributed by atoms with van der Waals surface area (Å²) in [4.78, 5) is 24.1. The molecule has 1 heterocycles. The third-order valence-corrected chi connectivity index (χ3v) is 4.44. The number of hydrogen-bond acceptors (Lipinski definition) is 5. The van der Waals surface area contributed by atoms with Gasteiger partial charge in [0.1, 0.15) is 5.54 Å². The smallest absolute Gasteiger partial charge is 0.244 e. The Morgan fingerprint density at radius 2 is 1.95 bits per heavy atom. The van der Waals surface area contributed by atoms with Crippen molar-refractivity contribution in [1.82, 2.24) is 0 Å². The summed E-state index contributed by atoms with van der Waals surface area (Å²) in [6, 6.07) is 7.27. The van der Waals surface area contributed by atoms with Crippen LogP contribution in [0.2, 0.25) is 0 Å². The van der Waals surface area contributed by atoms with Gasteiger partial charge in [-0.3, -0.25) is 9.59 Å². The van der Waals surface area contributed by atoms with Gasteiger partial charge in [-0.05, 0) is 25.0 Å². The van der Waals surface area contributed by atoms with Crippen molar-refractivity contribution in [3.63, 3.8) is 0 Å². The van der Waals surface area contributed by atoms with Crippen LogP contribution in [0.5, 0.6) is 0 Å². The zero-order valence-electron chi connectivity index (χ0n) is 11.6. The van der Waals surface area contributed by atoms with E-state index in [2.05, 4.69) is 5.32 Å². The molecule has 6 nitrogen and oxygen atoms in total. The summed E-state index contributed by atoms with van der Waals surface area (Å²) >= 11 is 1.29. The monoisotopic (exact) mass is 309 g/mol. The van der Waals surface area contributed by atoms with Gasteiger partial charge in [0, 0.05) is 18.1 Å². The van der Waals surface area contributed by atoms with Gasteiger partial charge in [0.25, 0.3) is 0 Å². The van der Waals surface area contributed by atoms with Gasteiger partial charge in [-0.15, -0.1) is 11.8 Å². The number of nitrogens with two attached hydrogens (primary N) is 2. The molecule has 0 radical (unpaired) electrons. The van der Waals surface area contributed by atoms with Gasteiger partial charge < -0.3 is 21.5 Å². The minimum atomic E-state index is -0.903. The summed E-state index contributed by atoms with van der Waals surface area (Å²) < 4.78 is 5.24. The Hall–Kier alpha value is -1.57. The second-order valence-corrected chi connectivity index (χ2v) is 5.99. The van der Waals surface area contributed by atoms with Crippen molar-refractivity contribution in [3.8, 4) is 0 Å². The Morgan fingerprint density at radius 3 is 2.62 bits per heavy atom. The molecule has 1 aromatic rings. The molecule has 0 bridgehead atoms. The number of primary amides is 1. The zero-order valence-corrected chi connectivity index (χ0v) is 12.4. The number of ether oxygens (including phenoxy) is 1. The predicted molar refractivity (Wildman–Crippen MR) is 82.0 cm³/mol. The molecule has 1 fully saturated rings. The van der Waals surface area contributed by atoms with Gasteiger partial charge in [-0.25, -0.2) is 0 Å². The Balaban J connectivity index is 2.08. The van der Waals surface area contributed by atoms with Gasteiger partial charge in [0.15, 0.2) is 0 Å². The lowest BCUT2D eigenvalue weighted by Crippen LogP contribution is -2.54. The lowest BCUT2D eigenvalue weighted by atomic mass is 9.90. The van der Waals surface area contributed by atoms with Crippen LogP contribution >= 0.6 is 11.8 Å². The fraction of sp³-hybridized carbons (Fsp3) is 0.429. The van der Waals surface area contributed by atoms with Crippen LogP contribution in [0.15, 0.2) is 29.2 Å². The molecule has 1 aliphatic heterocycles. The number of amides is 2. The molecule has 7 heteroatoms. The maximum atomic E-state index is 12.4. The van der Waals surface area contributed by atoms with Crippen LogP contribution in [0.4, 0.5) is 5.69 Å². The van der Waals surface area contributed by atoms with Crippen molar-refractivity contribution in [2.24, 2.45) is 11.5 Å². The van der Waals surface area contributed by atoms with Crippen molar-refractivity contribution in [1.29, 1.82) is 0 Å². The lowest BCUT2D eigenvalue weighted by Gasteiger charge is -2.32. The number of hydrogen-bond donors (Lipinski definition) is 3. The van der Waals surface area contributed by atoms with Gasteiger partial charge in [0.05, 0.1) is 11.4 Å². The molecule has 0 aromatic heterocycles. The van der Waals surface area contributed by atoms with E-state index in [4.69, 9.17) is 16.2 Å². The second kappa shape index (κ2) is 6.93. The van der Waals surface area contributed by atoms with Crippen LogP contribution in [-0.4, -0.2) is 36.3 Å². The largest absolute Gasteiger partial charge is 0.381 e. The first-order chi connectivity index (χ1) is 10.0. The van der Waals surface area contributed by atoms with Crippen molar-refractivity contribution in [3.05, 3.63) is 24.3 Å². The summed E-state index contributed by atoms with van der Waals surface area (Å²) in [5.74, 6) is -0.465. The first kappa shape index (κ1) is 15.8. The van der Waals surface area contributed by atoms with E-state index < -0.39 is 11.4 Å². The second-order valence-electron chi connectivity index (χ2n) is 4.97. The standard InChI is InChI=1S/C14H19N3O3S/c15-12(18)9-21-11-4-2-1-3-10(11)17-13(19)14(16)5-7-20-8-6-14/h1-4H,5-9,16H2,(H2,15,18)(H,17,19). The average molecular weight is 309 g/mol. The highest BCUT2D eigenvalue weighted by atomic mass is 32.2. The molecule has 114 valence electrons. The minimum absolute atomic E-state index is 0.161. The Labute approximate surface area is 127 Å². The number of nitrogens with one attached hydrogen (secondary N) is 1. The number of rotatable bonds is 5. The summed E-state index contributed by atoms with van der Waals surface area (Å²) in [6.45, 7) is 0.976. The van der Waals surface area contributed by atoms with Crippen LogP contribution in [0.3, 0.4) is 0 Å². The molecule has 0 unspecified atom stereocenters. The van der Waals surface area contributed by atoms with E-state index in [9.17, 15) is 9.59 Å². The van der Waals surface area contributed by atoms with Gasteiger partial charge in [-0.1, -0.05) is 12.1 Å². The first-order valence-corrected chi connectivity index (χ1v) is 7.68. The summed E-state index contributed by atoms with van der Waals surface area (Å²) in [5, 5.41) is 2.85. The lowest BCUT2D eigenvalue weighted by molar-refractivity contribution is -0.124. The van der Waals surface area contributed by atoms with E-state index in [-0.39, 0.29) is 11.7 Å². The number of benzene rings is 1. The zero-order chi connectivity index (χ0) is 15.3. The van der Waals surface area contributed by atoms with Crippen molar-refractivity contribution >= 4 is 29.3 Å². The predicted octanol–water partition coefficient (Wildman–Crippen LogP) is 0.710. The fourth-order valence-electron chi connectivity index (χ4n) is 2.05. The fourth-order valence-corrected chi connectivity index (χ4v) is 2.80. The van der Waals surface area contributed by atoms with Gasteiger partial charge >= 0.3 is 0 Å². The van der Waals surface area contributed by atoms with E-state index in [1.54, 1.807) is 6.07 Å². The number of thioether (sulfide) groups is 1. The molecular weight excluding hydrogens is 290 g/mol. The summed E-state index contributed by atoms with van der Waals surface area (Å²) in [6.07, 6.45) is 0.991. The summed E-state index contributed by atoms with van der Waals surface area (Å²) in [7, 11) is 0. The number of carbonyl (C=O) groups excluding carboxylic acids is 2. The highest BCUT2D eigenvalue weighted by Gasteiger charge is 2.36. The molecule has 2 rings (SSSR count). The van der Waals surface area contributed by atoms with Crippen LogP contribution in [0, 0.1) is 0 Å². The molecule has 0 spiro atoms. The molecule has 1 aliphatic rings.